The summed E-state index contributed by atoms with van der Waals surface area (Å²) >= 11 is 5.57. The number of aromatic nitrogens is 1. The highest BCUT2D eigenvalue weighted by Crippen LogP contribution is 2.30. The Kier molecular flexibility index (Phi) is 3.60. The molecule has 0 radical (unpaired) electrons. The molecule has 0 fully saturated rings. The van der Waals surface area contributed by atoms with Gasteiger partial charge in [0.25, 0.3) is 6.43 Å². The zero-order chi connectivity index (χ0) is 10.7. The van der Waals surface area contributed by atoms with Crippen LogP contribution in [0.4, 0.5) is 8.78 Å². The van der Waals surface area contributed by atoms with Crippen LogP contribution in [0.2, 0.25) is 5.15 Å². The molecule has 0 aliphatic rings. The van der Waals surface area contributed by atoms with Gasteiger partial charge in [0.05, 0.1) is 13.7 Å². The van der Waals surface area contributed by atoms with Gasteiger partial charge in [-0.25, -0.2) is 13.8 Å². The number of alkyl halides is 2. The lowest BCUT2D eigenvalue weighted by Crippen LogP contribution is -2.00. The summed E-state index contributed by atoms with van der Waals surface area (Å²) in [6.45, 7) is -0.574. The molecule has 0 bridgehead atoms. The maximum Gasteiger partial charge on any atom is 0.264 e. The van der Waals surface area contributed by atoms with Crippen LogP contribution in [-0.4, -0.2) is 17.2 Å². The standard InChI is InChI=1S/C8H8ClF2NO2/c1-14-6-2-4(8(10)11)5(3-13)7(9)12-6/h2,8,13H,3H2,1H3. The van der Waals surface area contributed by atoms with E-state index in [1.165, 1.54) is 7.11 Å². The van der Waals surface area contributed by atoms with Gasteiger partial charge in [-0.05, 0) is 0 Å². The minimum atomic E-state index is -2.72. The molecule has 0 saturated carbocycles. The first kappa shape index (κ1) is 11.1. The van der Waals surface area contributed by atoms with Crippen LogP contribution >= 0.6 is 11.6 Å². The second-order valence-corrected chi connectivity index (χ2v) is 2.84. The second kappa shape index (κ2) is 4.52. The smallest absolute Gasteiger partial charge is 0.264 e. The number of pyridine rings is 1. The van der Waals surface area contributed by atoms with E-state index in [0.717, 1.165) is 6.07 Å². The van der Waals surface area contributed by atoms with Crippen molar-refractivity contribution < 1.29 is 18.6 Å². The highest BCUT2D eigenvalue weighted by Gasteiger charge is 2.18. The summed E-state index contributed by atoms with van der Waals surface area (Å²) in [6.07, 6.45) is -2.72. The summed E-state index contributed by atoms with van der Waals surface area (Å²) in [5.41, 5.74) is -0.424. The van der Waals surface area contributed by atoms with Gasteiger partial charge in [-0.3, -0.25) is 0 Å². The minimum absolute atomic E-state index is 0.00231. The number of aliphatic hydroxyl groups is 1. The van der Waals surface area contributed by atoms with Crippen LogP contribution in [-0.2, 0) is 6.61 Å². The van der Waals surface area contributed by atoms with E-state index < -0.39 is 13.0 Å². The quantitative estimate of drug-likeness (QED) is 0.799. The van der Waals surface area contributed by atoms with E-state index in [-0.39, 0.29) is 22.2 Å². The van der Waals surface area contributed by atoms with Crippen LogP contribution in [0.3, 0.4) is 0 Å². The van der Waals surface area contributed by atoms with Crippen LogP contribution in [0.15, 0.2) is 6.07 Å². The Hall–Kier alpha value is -0.940. The molecule has 1 aromatic heterocycles. The summed E-state index contributed by atoms with van der Waals surface area (Å²) in [6, 6.07) is 1.06. The van der Waals surface area contributed by atoms with Crippen LogP contribution in [0.5, 0.6) is 5.88 Å². The van der Waals surface area contributed by atoms with E-state index in [1.54, 1.807) is 0 Å². The van der Waals surface area contributed by atoms with Gasteiger partial charge in [0, 0.05) is 17.2 Å². The van der Waals surface area contributed by atoms with Crippen molar-refractivity contribution in [2.24, 2.45) is 0 Å². The van der Waals surface area contributed by atoms with Gasteiger partial charge < -0.3 is 9.84 Å². The second-order valence-electron chi connectivity index (χ2n) is 2.48. The first-order chi connectivity index (χ1) is 6.60. The number of aliphatic hydroxyl groups excluding tert-OH is 1. The van der Waals surface area contributed by atoms with Crippen molar-refractivity contribution in [3.05, 3.63) is 22.3 Å². The monoisotopic (exact) mass is 223 g/mol. The summed E-state index contributed by atoms with van der Waals surface area (Å²) < 4.78 is 29.6. The maximum absolute atomic E-state index is 12.5. The third kappa shape index (κ3) is 2.10. The third-order valence-corrected chi connectivity index (χ3v) is 2.00. The van der Waals surface area contributed by atoms with Gasteiger partial charge in [-0.1, -0.05) is 11.6 Å². The summed E-state index contributed by atoms with van der Waals surface area (Å²) in [5, 5.41) is 8.65. The van der Waals surface area contributed by atoms with Crippen molar-refractivity contribution in [2.75, 3.05) is 7.11 Å². The number of methoxy groups -OCH3 is 1. The fraction of sp³-hybridized carbons (Fsp3) is 0.375. The highest BCUT2D eigenvalue weighted by atomic mass is 35.5. The lowest BCUT2D eigenvalue weighted by molar-refractivity contribution is 0.146. The first-order valence-corrected chi connectivity index (χ1v) is 4.10. The molecule has 1 N–H and O–H groups in total. The Labute approximate surface area is 84.3 Å². The molecule has 6 heteroatoms. The number of nitrogens with zero attached hydrogens (tertiary/aromatic N) is 1. The maximum atomic E-state index is 12.5. The molecule has 1 rings (SSSR count). The Morgan fingerprint density at radius 1 is 1.64 bits per heavy atom. The number of hydrogen-bond donors (Lipinski definition) is 1. The van der Waals surface area contributed by atoms with Gasteiger partial charge in [0.15, 0.2) is 0 Å². The predicted molar refractivity (Wildman–Crippen MR) is 46.7 cm³/mol. The topological polar surface area (TPSA) is 42.4 Å². The van der Waals surface area contributed by atoms with Crippen molar-refractivity contribution in [1.82, 2.24) is 4.98 Å². The van der Waals surface area contributed by atoms with Crippen LogP contribution < -0.4 is 4.74 Å². The number of rotatable bonds is 3. The predicted octanol–water partition coefficient (Wildman–Crippen LogP) is 2.17. The van der Waals surface area contributed by atoms with Crippen LogP contribution in [0, 0.1) is 0 Å². The van der Waals surface area contributed by atoms with Gasteiger partial charge in [-0.15, -0.1) is 0 Å². The van der Waals surface area contributed by atoms with Crippen LogP contribution in [0.25, 0.3) is 0 Å². The van der Waals surface area contributed by atoms with Gasteiger partial charge in [0.1, 0.15) is 5.15 Å². The Morgan fingerprint density at radius 3 is 2.71 bits per heavy atom. The molecular weight excluding hydrogens is 216 g/mol. The van der Waals surface area contributed by atoms with E-state index in [9.17, 15) is 8.78 Å². The Morgan fingerprint density at radius 2 is 2.29 bits per heavy atom. The van der Waals surface area contributed by atoms with Crippen molar-refractivity contribution in [1.29, 1.82) is 0 Å². The largest absolute Gasteiger partial charge is 0.481 e. The Bertz CT molecular complexity index is 333. The molecular formula is C8H8ClF2NO2. The summed E-state index contributed by atoms with van der Waals surface area (Å²) in [5.74, 6) is 0.00231. The van der Waals surface area contributed by atoms with E-state index >= 15 is 0 Å². The number of ether oxygens (including phenoxy) is 1. The van der Waals surface area contributed by atoms with Crippen molar-refractivity contribution >= 4 is 11.6 Å². The number of halogens is 3. The molecule has 0 aliphatic heterocycles. The molecule has 0 aliphatic carbocycles. The number of hydrogen-bond acceptors (Lipinski definition) is 3. The fourth-order valence-electron chi connectivity index (χ4n) is 0.992. The van der Waals surface area contributed by atoms with Crippen molar-refractivity contribution in [3.8, 4) is 5.88 Å². The molecule has 0 atom stereocenters. The van der Waals surface area contributed by atoms with E-state index in [1.807, 2.05) is 0 Å². The average Bonchev–Trinajstić information content (AvgIpc) is 2.16. The van der Waals surface area contributed by atoms with Gasteiger partial charge >= 0.3 is 0 Å². The summed E-state index contributed by atoms with van der Waals surface area (Å²) in [7, 11) is 1.30. The normalized spacial score (nSPS) is 10.7. The van der Waals surface area contributed by atoms with E-state index in [4.69, 9.17) is 16.7 Å². The molecule has 0 saturated heterocycles. The SMILES string of the molecule is COc1cc(C(F)F)c(CO)c(Cl)n1. The highest BCUT2D eigenvalue weighted by molar-refractivity contribution is 6.30. The van der Waals surface area contributed by atoms with E-state index in [2.05, 4.69) is 9.72 Å². The fourth-order valence-corrected chi connectivity index (χ4v) is 1.24. The van der Waals surface area contributed by atoms with E-state index in [0.29, 0.717) is 0 Å². The lowest BCUT2D eigenvalue weighted by atomic mass is 10.1. The molecule has 14 heavy (non-hydrogen) atoms. The molecule has 0 aromatic carbocycles. The average molecular weight is 224 g/mol. The zero-order valence-corrected chi connectivity index (χ0v) is 8.05. The molecule has 0 unspecified atom stereocenters. The molecule has 3 nitrogen and oxygen atoms in total. The lowest BCUT2D eigenvalue weighted by Gasteiger charge is -2.09. The minimum Gasteiger partial charge on any atom is -0.481 e. The first-order valence-electron chi connectivity index (χ1n) is 3.72. The van der Waals surface area contributed by atoms with Gasteiger partial charge in [0.2, 0.25) is 5.88 Å². The molecule has 1 heterocycles. The van der Waals surface area contributed by atoms with Crippen molar-refractivity contribution in [2.45, 2.75) is 13.0 Å². The Balaban J connectivity index is 3.28. The zero-order valence-electron chi connectivity index (χ0n) is 7.30. The molecule has 0 amide bonds. The molecule has 0 spiro atoms. The molecule has 78 valence electrons. The van der Waals surface area contributed by atoms with Crippen LogP contribution in [0.1, 0.15) is 17.6 Å². The third-order valence-electron chi connectivity index (χ3n) is 1.69. The summed E-state index contributed by atoms with van der Waals surface area (Å²) in [4.78, 5) is 3.66. The van der Waals surface area contributed by atoms with Gasteiger partial charge in [-0.2, -0.15) is 0 Å². The van der Waals surface area contributed by atoms with Crippen molar-refractivity contribution in [3.63, 3.8) is 0 Å². The molecule has 1 aromatic rings.